The van der Waals surface area contributed by atoms with Crippen molar-refractivity contribution in [1.29, 1.82) is 0 Å². The molecule has 0 aliphatic carbocycles. The summed E-state index contributed by atoms with van der Waals surface area (Å²) in [6.07, 6.45) is -1.00. The Morgan fingerprint density at radius 2 is 2.00 bits per heavy atom. The summed E-state index contributed by atoms with van der Waals surface area (Å²) < 4.78 is 35.1. The number of hydrogen-bond acceptors (Lipinski definition) is 1. The van der Waals surface area contributed by atoms with Crippen LogP contribution in [0.15, 0.2) is 0 Å². The van der Waals surface area contributed by atoms with Crippen LogP contribution in [-0.4, -0.2) is 19.9 Å². The second-order valence-corrected chi connectivity index (χ2v) is 2.46. The Morgan fingerprint density at radius 3 is 2.27 bits per heavy atom. The summed E-state index contributed by atoms with van der Waals surface area (Å²) in [5, 5.41) is 2.16. The maximum Gasteiger partial charge on any atom is 0.479 e. The average Bonchev–Trinajstić information content (AvgIpc) is 1.82. The summed E-state index contributed by atoms with van der Waals surface area (Å²) in [6.45, 7) is -3.59. The highest BCUT2D eigenvalue weighted by molar-refractivity contribution is 6.58. The summed E-state index contributed by atoms with van der Waals surface area (Å²) in [5.74, 6) is -1.54. The molecule has 1 unspecified atom stereocenters. The highest BCUT2D eigenvalue weighted by atomic mass is 19.4. The molecule has 0 aromatic heterocycles. The standard InChI is InChI=1S/C5H10BF3NO/c1-4(5(11)10-2)3-6(7,8)9/h4H,3H2,1-2H3,(H,10,11)/q-1. The molecule has 0 bridgehead atoms. The predicted octanol–water partition coefficient (Wildman–Crippen LogP) is 1.22. The van der Waals surface area contributed by atoms with Crippen LogP contribution in [0.1, 0.15) is 6.92 Å². The Morgan fingerprint density at radius 1 is 1.55 bits per heavy atom. The van der Waals surface area contributed by atoms with Gasteiger partial charge in [-0.1, -0.05) is 13.2 Å². The van der Waals surface area contributed by atoms with Crippen LogP contribution < -0.4 is 5.32 Å². The maximum atomic E-state index is 11.7. The van der Waals surface area contributed by atoms with E-state index in [1.807, 2.05) is 0 Å². The zero-order valence-corrected chi connectivity index (χ0v) is 6.40. The van der Waals surface area contributed by atoms with Gasteiger partial charge in [0.2, 0.25) is 5.91 Å². The monoisotopic (exact) mass is 168 g/mol. The van der Waals surface area contributed by atoms with Crippen LogP contribution in [0.4, 0.5) is 12.9 Å². The van der Waals surface area contributed by atoms with Gasteiger partial charge in [-0.3, -0.25) is 4.79 Å². The van der Waals surface area contributed by atoms with E-state index in [0.29, 0.717) is 0 Å². The van der Waals surface area contributed by atoms with Gasteiger partial charge in [0.15, 0.2) is 0 Å². The molecule has 0 aromatic carbocycles. The number of carbonyl (C=O) groups excluding carboxylic acids is 1. The Hall–Kier alpha value is -0.675. The van der Waals surface area contributed by atoms with E-state index < -0.39 is 25.1 Å². The topological polar surface area (TPSA) is 29.1 Å². The summed E-state index contributed by atoms with van der Waals surface area (Å²) in [6, 6.07) is 0. The molecule has 0 saturated heterocycles. The SMILES string of the molecule is CNC(=O)C(C)C[B-](F)(F)F. The zero-order chi connectivity index (χ0) is 9.07. The molecule has 1 atom stereocenters. The first kappa shape index (κ1) is 10.3. The number of carbonyl (C=O) groups is 1. The highest BCUT2D eigenvalue weighted by Gasteiger charge is 2.28. The van der Waals surface area contributed by atoms with Gasteiger partial charge in [-0.25, -0.2) is 0 Å². The fourth-order valence-corrected chi connectivity index (χ4v) is 0.754. The Kier molecular flexibility index (Phi) is 3.42. The van der Waals surface area contributed by atoms with Crippen molar-refractivity contribution in [2.24, 2.45) is 5.92 Å². The van der Waals surface area contributed by atoms with Gasteiger partial charge >= 0.3 is 6.98 Å². The van der Waals surface area contributed by atoms with Crippen molar-refractivity contribution >= 4 is 12.9 Å². The summed E-state index contributed by atoms with van der Waals surface area (Å²) in [5.41, 5.74) is 0. The number of hydrogen-bond donors (Lipinski definition) is 1. The van der Waals surface area contributed by atoms with Crippen molar-refractivity contribution in [3.63, 3.8) is 0 Å². The van der Waals surface area contributed by atoms with Crippen LogP contribution in [0.25, 0.3) is 0 Å². The molecule has 11 heavy (non-hydrogen) atoms. The number of halogens is 3. The minimum atomic E-state index is -4.84. The lowest BCUT2D eigenvalue weighted by molar-refractivity contribution is -0.123. The normalized spacial score (nSPS) is 14.3. The lowest BCUT2D eigenvalue weighted by atomic mass is 9.79. The molecule has 0 saturated carbocycles. The van der Waals surface area contributed by atoms with Crippen molar-refractivity contribution in [1.82, 2.24) is 5.32 Å². The molecule has 0 radical (unpaired) electrons. The maximum absolute atomic E-state index is 11.7. The summed E-state index contributed by atoms with van der Waals surface area (Å²) in [4.78, 5) is 10.6. The predicted molar refractivity (Wildman–Crippen MR) is 37.1 cm³/mol. The number of nitrogens with one attached hydrogen (secondary N) is 1. The van der Waals surface area contributed by atoms with Gasteiger partial charge in [0.1, 0.15) is 0 Å². The lowest BCUT2D eigenvalue weighted by Gasteiger charge is -2.17. The van der Waals surface area contributed by atoms with E-state index in [-0.39, 0.29) is 0 Å². The van der Waals surface area contributed by atoms with Gasteiger partial charge in [-0.15, -0.1) is 0 Å². The van der Waals surface area contributed by atoms with Crippen molar-refractivity contribution in [2.45, 2.75) is 13.2 Å². The second kappa shape index (κ2) is 3.64. The first-order valence-electron chi connectivity index (χ1n) is 3.29. The van der Waals surface area contributed by atoms with E-state index in [4.69, 9.17) is 0 Å². The molecule has 0 aliphatic rings. The molecule has 0 spiro atoms. The highest BCUT2D eigenvalue weighted by Crippen LogP contribution is 2.20. The molecule has 6 heteroatoms. The van der Waals surface area contributed by atoms with Crippen molar-refractivity contribution in [3.8, 4) is 0 Å². The Bertz CT molecular complexity index is 147. The van der Waals surface area contributed by atoms with E-state index in [2.05, 4.69) is 5.32 Å². The number of rotatable bonds is 3. The average molecular weight is 168 g/mol. The number of amides is 1. The van der Waals surface area contributed by atoms with Crippen LogP contribution in [0, 0.1) is 5.92 Å². The second-order valence-electron chi connectivity index (χ2n) is 2.46. The van der Waals surface area contributed by atoms with Gasteiger partial charge in [0, 0.05) is 13.0 Å². The molecular weight excluding hydrogens is 158 g/mol. The molecule has 1 N–H and O–H groups in total. The molecule has 0 fully saturated rings. The van der Waals surface area contributed by atoms with E-state index in [0.717, 1.165) is 0 Å². The van der Waals surface area contributed by atoms with Gasteiger partial charge in [-0.2, -0.15) is 0 Å². The molecule has 0 rings (SSSR count). The smallest absolute Gasteiger partial charge is 0.449 e. The molecule has 1 amide bonds. The zero-order valence-electron chi connectivity index (χ0n) is 6.40. The molecule has 0 heterocycles. The van der Waals surface area contributed by atoms with Gasteiger partial charge in [0.05, 0.1) is 0 Å². The molecule has 0 aromatic rings. The first-order valence-corrected chi connectivity index (χ1v) is 3.29. The summed E-state index contributed by atoms with van der Waals surface area (Å²) in [7, 11) is 1.32. The minimum absolute atomic E-state index is 0.566. The molecule has 0 aliphatic heterocycles. The first-order chi connectivity index (χ1) is 4.87. The largest absolute Gasteiger partial charge is 0.479 e. The van der Waals surface area contributed by atoms with Crippen LogP contribution in [0.2, 0.25) is 6.32 Å². The van der Waals surface area contributed by atoms with E-state index in [1.54, 1.807) is 0 Å². The van der Waals surface area contributed by atoms with Gasteiger partial charge in [-0.05, 0) is 0 Å². The lowest BCUT2D eigenvalue weighted by Crippen LogP contribution is -2.30. The van der Waals surface area contributed by atoms with E-state index in [1.165, 1.54) is 14.0 Å². The Balaban J connectivity index is 3.87. The summed E-state index contributed by atoms with van der Waals surface area (Å²) >= 11 is 0. The van der Waals surface area contributed by atoms with Crippen molar-refractivity contribution in [2.75, 3.05) is 7.05 Å². The third-order valence-electron chi connectivity index (χ3n) is 1.31. The van der Waals surface area contributed by atoms with Crippen LogP contribution in [0.3, 0.4) is 0 Å². The quantitative estimate of drug-likeness (QED) is 0.630. The van der Waals surface area contributed by atoms with Crippen LogP contribution in [-0.2, 0) is 4.79 Å². The minimum Gasteiger partial charge on any atom is -0.449 e. The Labute approximate surface area is 63.2 Å². The van der Waals surface area contributed by atoms with E-state index in [9.17, 15) is 17.7 Å². The van der Waals surface area contributed by atoms with Gasteiger partial charge < -0.3 is 18.3 Å². The van der Waals surface area contributed by atoms with Gasteiger partial charge in [0.25, 0.3) is 0 Å². The van der Waals surface area contributed by atoms with E-state index >= 15 is 0 Å². The van der Waals surface area contributed by atoms with Crippen LogP contribution in [0.5, 0.6) is 0 Å². The molecule has 2 nitrogen and oxygen atoms in total. The third kappa shape index (κ3) is 4.69. The fraction of sp³-hybridized carbons (Fsp3) is 0.800. The third-order valence-corrected chi connectivity index (χ3v) is 1.31. The van der Waals surface area contributed by atoms with Crippen molar-refractivity contribution < 1.29 is 17.7 Å². The van der Waals surface area contributed by atoms with Crippen LogP contribution >= 0.6 is 0 Å². The van der Waals surface area contributed by atoms with Crippen molar-refractivity contribution in [3.05, 3.63) is 0 Å². The molecule has 66 valence electrons. The molecular formula is C5H10BF3NO-. The fourth-order valence-electron chi connectivity index (χ4n) is 0.754.